The van der Waals surface area contributed by atoms with Crippen LogP contribution in [-0.4, -0.2) is 28.0 Å². The Morgan fingerprint density at radius 3 is 2.84 bits per heavy atom. The predicted molar refractivity (Wildman–Crippen MR) is 73.5 cm³/mol. The molecule has 1 aliphatic rings. The van der Waals surface area contributed by atoms with E-state index in [0.29, 0.717) is 30.4 Å². The molecular weight excluding hydrogens is 240 g/mol. The summed E-state index contributed by atoms with van der Waals surface area (Å²) in [5, 5.41) is 8.70. The minimum absolute atomic E-state index is 0.0110. The molecule has 2 rings (SSSR count). The second-order valence-corrected chi connectivity index (χ2v) is 5.30. The van der Waals surface area contributed by atoms with Crippen molar-refractivity contribution in [3.8, 4) is 6.07 Å². The van der Waals surface area contributed by atoms with Crippen LogP contribution in [0.5, 0.6) is 0 Å². The Morgan fingerprint density at radius 2 is 2.32 bits per heavy atom. The molecule has 1 saturated carbocycles. The number of amides is 1. The lowest BCUT2D eigenvalue weighted by Gasteiger charge is -2.23. The average molecular weight is 260 g/mol. The lowest BCUT2D eigenvalue weighted by Crippen LogP contribution is -2.35. The van der Waals surface area contributed by atoms with Crippen molar-refractivity contribution in [3.05, 3.63) is 18.0 Å². The number of nitriles is 1. The van der Waals surface area contributed by atoms with Crippen LogP contribution in [0.3, 0.4) is 0 Å². The summed E-state index contributed by atoms with van der Waals surface area (Å²) < 4.78 is 1.90. The average Bonchev–Trinajstić information content (AvgIpc) is 3.11. The number of aromatic nitrogens is 1. The Bertz CT molecular complexity index is 508. The summed E-state index contributed by atoms with van der Waals surface area (Å²) in [4.78, 5) is 14.4. The molecule has 2 N–H and O–H groups in total. The van der Waals surface area contributed by atoms with Crippen molar-refractivity contribution in [3.63, 3.8) is 0 Å². The third kappa shape index (κ3) is 2.90. The fourth-order valence-corrected chi connectivity index (χ4v) is 2.25. The van der Waals surface area contributed by atoms with Crippen LogP contribution < -0.4 is 5.73 Å². The molecule has 1 aromatic rings. The zero-order valence-corrected chi connectivity index (χ0v) is 11.5. The maximum Gasteiger partial charge on any atom is 0.270 e. The summed E-state index contributed by atoms with van der Waals surface area (Å²) in [6.07, 6.45) is 4.25. The first-order valence-electron chi connectivity index (χ1n) is 6.70. The highest BCUT2D eigenvalue weighted by molar-refractivity contribution is 5.94. The van der Waals surface area contributed by atoms with Crippen molar-refractivity contribution < 1.29 is 4.79 Å². The van der Waals surface area contributed by atoms with E-state index in [0.717, 1.165) is 12.8 Å². The second-order valence-electron chi connectivity index (χ2n) is 5.30. The maximum absolute atomic E-state index is 12.6. The van der Waals surface area contributed by atoms with Crippen LogP contribution in [0.25, 0.3) is 0 Å². The molecule has 1 aliphatic carbocycles. The number of hydrogen-bond acceptors (Lipinski definition) is 3. The zero-order valence-electron chi connectivity index (χ0n) is 11.5. The van der Waals surface area contributed by atoms with Crippen LogP contribution in [0.2, 0.25) is 0 Å². The van der Waals surface area contributed by atoms with Crippen molar-refractivity contribution >= 4 is 11.6 Å². The van der Waals surface area contributed by atoms with Crippen molar-refractivity contribution in [2.75, 3.05) is 12.3 Å². The fourth-order valence-electron chi connectivity index (χ4n) is 2.25. The minimum Gasteiger partial charge on any atom is -0.397 e. The molecular formula is C14H20N4O. The molecule has 0 aromatic carbocycles. The Hall–Kier alpha value is -1.96. The van der Waals surface area contributed by atoms with E-state index < -0.39 is 0 Å². The summed E-state index contributed by atoms with van der Waals surface area (Å²) >= 11 is 0. The third-order valence-electron chi connectivity index (χ3n) is 3.36. The number of hydrogen-bond donors (Lipinski definition) is 1. The molecule has 0 bridgehead atoms. The van der Waals surface area contributed by atoms with Crippen LogP contribution in [0, 0.1) is 11.3 Å². The van der Waals surface area contributed by atoms with Gasteiger partial charge < -0.3 is 15.2 Å². The monoisotopic (exact) mass is 260 g/mol. The quantitative estimate of drug-likeness (QED) is 0.881. The first kappa shape index (κ1) is 13.5. The normalized spacial score (nSPS) is 14.4. The molecule has 1 fully saturated rings. The topological polar surface area (TPSA) is 75.0 Å². The predicted octanol–water partition coefficient (Wildman–Crippen LogP) is 2.17. The summed E-state index contributed by atoms with van der Waals surface area (Å²) in [5.41, 5.74) is 7.03. The number of carbonyl (C=O) groups excluding carboxylic acids is 1. The second kappa shape index (κ2) is 5.35. The molecule has 0 aliphatic heterocycles. The molecule has 1 heterocycles. The summed E-state index contributed by atoms with van der Waals surface area (Å²) in [7, 11) is 0. The van der Waals surface area contributed by atoms with E-state index in [2.05, 4.69) is 6.07 Å². The standard InChI is InChI=1S/C14H20N4O/c1-10(2)18-9-11(16)8-13(18)14(19)17(7-3-6-15)12-4-5-12/h8-10,12H,3-5,7,16H2,1-2H3. The van der Waals surface area contributed by atoms with Gasteiger partial charge in [-0.3, -0.25) is 4.79 Å². The van der Waals surface area contributed by atoms with Gasteiger partial charge in [-0.15, -0.1) is 0 Å². The van der Waals surface area contributed by atoms with Crippen molar-refractivity contribution in [1.29, 1.82) is 5.26 Å². The summed E-state index contributed by atoms with van der Waals surface area (Å²) in [6, 6.07) is 4.32. The zero-order chi connectivity index (χ0) is 14.0. The van der Waals surface area contributed by atoms with Crippen molar-refractivity contribution in [2.45, 2.75) is 45.2 Å². The maximum atomic E-state index is 12.6. The number of nitrogen functional groups attached to an aromatic ring is 1. The molecule has 0 spiro atoms. The van der Waals surface area contributed by atoms with Gasteiger partial charge in [0.1, 0.15) is 5.69 Å². The lowest BCUT2D eigenvalue weighted by atomic mass is 10.3. The third-order valence-corrected chi connectivity index (χ3v) is 3.36. The van der Waals surface area contributed by atoms with E-state index in [9.17, 15) is 4.79 Å². The van der Waals surface area contributed by atoms with Gasteiger partial charge in [0.15, 0.2) is 0 Å². The minimum atomic E-state index is -0.0110. The smallest absolute Gasteiger partial charge is 0.270 e. The molecule has 0 unspecified atom stereocenters. The number of nitrogens with zero attached hydrogens (tertiary/aromatic N) is 3. The lowest BCUT2D eigenvalue weighted by molar-refractivity contribution is 0.0734. The Morgan fingerprint density at radius 1 is 1.63 bits per heavy atom. The summed E-state index contributed by atoms with van der Waals surface area (Å²) in [5.74, 6) is -0.0110. The van der Waals surface area contributed by atoms with Crippen molar-refractivity contribution in [2.24, 2.45) is 0 Å². The Kier molecular flexibility index (Phi) is 3.79. The van der Waals surface area contributed by atoms with Gasteiger partial charge in [-0.2, -0.15) is 5.26 Å². The summed E-state index contributed by atoms with van der Waals surface area (Å²) in [6.45, 7) is 4.54. The van der Waals surface area contributed by atoms with E-state index in [-0.39, 0.29) is 11.9 Å². The van der Waals surface area contributed by atoms with Gasteiger partial charge >= 0.3 is 0 Å². The van der Waals surface area contributed by atoms with E-state index in [1.165, 1.54) is 0 Å². The number of anilines is 1. The first-order chi connectivity index (χ1) is 9.04. The number of carbonyl (C=O) groups is 1. The molecule has 5 heteroatoms. The van der Waals surface area contributed by atoms with E-state index in [1.807, 2.05) is 23.3 Å². The molecule has 1 aromatic heterocycles. The SMILES string of the molecule is CC(C)n1cc(N)cc1C(=O)N(CCC#N)C1CC1. The van der Waals surface area contributed by atoms with Crippen LogP contribution in [0.15, 0.2) is 12.3 Å². The van der Waals surface area contributed by atoms with E-state index in [1.54, 1.807) is 12.3 Å². The van der Waals surface area contributed by atoms with Gasteiger partial charge in [0.25, 0.3) is 5.91 Å². The molecule has 0 radical (unpaired) electrons. The van der Waals surface area contributed by atoms with E-state index >= 15 is 0 Å². The molecule has 5 nitrogen and oxygen atoms in total. The van der Waals surface area contributed by atoms with Gasteiger partial charge in [-0.1, -0.05) is 0 Å². The largest absolute Gasteiger partial charge is 0.397 e. The van der Waals surface area contributed by atoms with Crippen LogP contribution in [0.1, 0.15) is 49.6 Å². The molecule has 1 amide bonds. The van der Waals surface area contributed by atoms with Gasteiger partial charge in [0, 0.05) is 24.8 Å². The van der Waals surface area contributed by atoms with Crippen LogP contribution in [-0.2, 0) is 0 Å². The van der Waals surface area contributed by atoms with Gasteiger partial charge in [0.05, 0.1) is 18.2 Å². The fraction of sp³-hybridized carbons (Fsp3) is 0.571. The van der Waals surface area contributed by atoms with Crippen LogP contribution in [0.4, 0.5) is 5.69 Å². The van der Waals surface area contributed by atoms with Gasteiger partial charge in [0.2, 0.25) is 0 Å². The first-order valence-corrected chi connectivity index (χ1v) is 6.70. The Balaban J connectivity index is 2.23. The van der Waals surface area contributed by atoms with Gasteiger partial charge in [-0.25, -0.2) is 0 Å². The molecule has 19 heavy (non-hydrogen) atoms. The van der Waals surface area contributed by atoms with Crippen LogP contribution >= 0.6 is 0 Å². The van der Waals surface area contributed by atoms with Crippen molar-refractivity contribution in [1.82, 2.24) is 9.47 Å². The number of nitrogens with two attached hydrogens (primary N) is 1. The highest BCUT2D eigenvalue weighted by Gasteiger charge is 2.34. The van der Waals surface area contributed by atoms with E-state index in [4.69, 9.17) is 11.0 Å². The van der Waals surface area contributed by atoms with Gasteiger partial charge in [-0.05, 0) is 32.8 Å². The molecule has 102 valence electrons. The Labute approximate surface area is 113 Å². The molecule has 0 saturated heterocycles. The number of rotatable bonds is 5. The molecule has 0 atom stereocenters. The highest BCUT2D eigenvalue weighted by Crippen LogP contribution is 2.29. The highest BCUT2D eigenvalue weighted by atomic mass is 16.2.